The number of benzene rings is 1. The van der Waals surface area contributed by atoms with E-state index in [-0.39, 0.29) is 5.91 Å². The van der Waals surface area contributed by atoms with Crippen molar-refractivity contribution in [3.8, 4) is 0 Å². The summed E-state index contributed by atoms with van der Waals surface area (Å²) in [5.74, 6) is 0.537. The molecular formula is C19H26N4O. The summed E-state index contributed by atoms with van der Waals surface area (Å²) in [6.45, 7) is 8.40. The van der Waals surface area contributed by atoms with Crippen molar-refractivity contribution in [2.24, 2.45) is 0 Å². The van der Waals surface area contributed by atoms with Gasteiger partial charge in [0.15, 0.2) is 0 Å². The minimum atomic E-state index is 0.00364. The lowest BCUT2D eigenvalue weighted by molar-refractivity contribution is 0.0754. The summed E-state index contributed by atoms with van der Waals surface area (Å²) in [7, 11) is 0. The number of nitrogens with zero attached hydrogens (tertiary/aromatic N) is 3. The summed E-state index contributed by atoms with van der Waals surface area (Å²) < 4.78 is 0. The molecular weight excluding hydrogens is 300 g/mol. The maximum absolute atomic E-state index is 12.5. The molecule has 1 heterocycles. The van der Waals surface area contributed by atoms with Gasteiger partial charge in [-0.05, 0) is 25.3 Å². The van der Waals surface area contributed by atoms with E-state index in [1.807, 2.05) is 11.0 Å². The first-order valence-electron chi connectivity index (χ1n) is 8.54. The monoisotopic (exact) mass is 326 g/mol. The van der Waals surface area contributed by atoms with Crippen LogP contribution in [-0.4, -0.2) is 33.9 Å². The Labute approximate surface area is 144 Å². The van der Waals surface area contributed by atoms with E-state index in [1.54, 1.807) is 12.4 Å². The second kappa shape index (κ2) is 9.01. The van der Waals surface area contributed by atoms with Gasteiger partial charge in [-0.15, -0.1) is 0 Å². The van der Waals surface area contributed by atoms with Crippen molar-refractivity contribution in [2.45, 2.75) is 40.2 Å². The van der Waals surface area contributed by atoms with Crippen LogP contribution >= 0.6 is 0 Å². The van der Waals surface area contributed by atoms with Crippen LogP contribution in [0.5, 0.6) is 0 Å². The molecule has 0 saturated heterocycles. The standard InChI is InChI=1S/C19H26N4O/c1-4-9-23(10-5-2)18(24)17-13-21-19(22-14-17)20-12-16-8-6-7-15(3)11-16/h6-8,11,13-14H,4-5,9-10,12H2,1-3H3,(H,20,21,22). The Morgan fingerprint density at radius 3 is 2.38 bits per heavy atom. The number of aryl methyl sites for hydroxylation is 1. The number of nitrogens with one attached hydrogen (secondary N) is 1. The zero-order chi connectivity index (χ0) is 17.4. The fraction of sp³-hybridized carbons (Fsp3) is 0.421. The number of hydrogen-bond acceptors (Lipinski definition) is 4. The Kier molecular flexibility index (Phi) is 6.73. The summed E-state index contributed by atoms with van der Waals surface area (Å²) in [4.78, 5) is 22.9. The van der Waals surface area contributed by atoms with Gasteiger partial charge in [0.1, 0.15) is 0 Å². The van der Waals surface area contributed by atoms with Crippen LogP contribution in [0.2, 0.25) is 0 Å². The number of carbonyl (C=O) groups excluding carboxylic acids is 1. The maximum atomic E-state index is 12.5. The average Bonchev–Trinajstić information content (AvgIpc) is 2.60. The zero-order valence-corrected chi connectivity index (χ0v) is 14.7. The Hall–Kier alpha value is -2.43. The molecule has 1 aromatic carbocycles. The molecule has 128 valence electrons. The first-order valence-corrected chi connectivity index (χ1v) is 8.54. The van der Waals surface area contributed by atoms with Gasteiger partial charge >= 0.3 is 0 Å². The smallest absolute Gasteiger partial charge is 0.256 e. The van der Waals surface area contributed by atoms with Crippen molar-refractivity contribution in [3.05, 3.63) is 53.3 Å². The van der Waals surface area contributed by atoms with Crippen LogP contribution in [0, 0.1) is 6.92 Å². The van der Waals surface area contributed by atoms with Gasteiger partial charge in [-0.2, -0.15) is 0 Å². The topological polar surface area (TPSA) is 58.1 Å². The van der Waals surface area contributed by atoms with Crippen molar-refractivity contribution in [3.63, 3.8) is 0 Å². The molecule has 5 heteroatoms. The van der Waals surface area contributed by atoms with E-state index >= 15 is 0 Å². The lowest BCUT2D eigenvalue weighted by Crippen LogP contribution is -2.32. The quantitative estimate of drug-likeness (QED) is 0.804. The van der Waals surface area contributed by atoms with E-state index < -0.39 is 0 Å². The Morgan fingerprint density at radius 1 is 1.12 bits per heavy atom. The maximum Gasteiger partial charge on any atom is 0.256 e. The van der Waals surface area contributed by atoms with E-state index in [9.17, 15) is 4.79 Å². The third-order valence-electron chi connectivity index (χ3n) is 3.71. The van der Waals surface area contributed by atoms with E-state index in [2.05, 4.69) is 54.3 Å². The molecule has 5 nitrogen and oxygen atoms in total. The SMILES string of the molecule is CCCN(CCC)C(=O)c1cnc(NCc2cccc(C)c2)nc1. The molecule has 0 fully saturated rings. The van der Waals surface area contributed by atoms with Gasteiger partial charge in [-0.3, -0.25) is 4.79 Å². The van der Waals surface area contributed by atoms with Crippen LogP contribution in [0.25, 0.3) is 0 Å². The van der Waals surface area contributed by atoms with Crippen LogP contribution in [0.1, 0.15) is 48.2 Å². The lowest BCUT2D eigenvalue weighted by atomic mass is 10.1. The Bertz CT molecular complexity index is 649. The second-order valence-electron chi connectivity index (χ2n) is 5.93. The fourth-order valence-electron chi connectivity index (χ4n) is 2.57. The summed E-state index contributed by atoms with van der Waals surface area (Å²) in [6.07, 6.45) is 5.10. The summed E-state index contributed by atoms with van der Waals surface area (Å²) in [6, 6.07) is 8.29. The lowest BCUT2D eigenvalue weighted by Gasteiger charge is -2.21. The molecule has 0 aliphatic rings. The molecule has 0 radical (unpaired) electrons. The summed E-state index contributed by atoms with van der Waals surface area (Å²) in [5.41, 5.74) is 2.94. The molecule has 0 unspecified atom stereocenters. The van der Waals surface area contributed by atoms with Crippen molar-refractivity contribution in [2.75, 3.05) is 18.4 Å². The van der Waals surface area contributed by atoms with Gasteiger partial charge in [0.2, 0.25) is 5.95 Å². The number of aromatic nitrogens is 2. The van der Waals surface area contributed by atoms with Gasteiger partial charge in [-0.25, -0.2) is 9.97 Å². The second-order valence-corrected chi connectivity index (χ2v) is 5.93. The van der Waals surface area contributed by atoms with E-state index in [1.165, 1.54) is 11.1 Å². The minimum Gasteiger partial charge on any atom is -0.350 e. The van der Waals surface area contributed by atoms with Crippen LogP contribution in [0.15, 0.2) is 36.7 Å². The van der Waals surface area contributed by atoms with Gasteiger partial charge in [0.05, 0.1) is 5.56 Å². The van der Waals surface area contributed by atoms with Crippen LogP contribution in [0.4, 0.5) is 5.95 Å². The largest absolute Gasteiger partial charge is 0.350 e. The Morgan fingerprint density at radius 2 is 1.79 bits per heavy atom. The van der Waals surface area contributed by atoms with Gasteiger partial charge < -0.3 is 10.2 Å². The number of anilines is 1. The summed E-state index contributed by atoms with van der Waals surface area (Å²) >= 11 is 0. The predicted molar refractivity (Wildman–Crippen MR) is 97.0 cm³/mol. The van der Waals surface area contributed by atoms with Crippen molar-refractivity contribution in [1.29, 1.82) is 0 Å². The van der Waals surface area contributed by atoms with Crippen LogP contribution < -0.4 is 5.32 Å². The van der Waals surface area contributed by atoms with Crippen LogP contribution in [-0.2, 0) is 6.54 Å². The van der Waals surface area contributed by atoms with Gasteiger partial charge in [-0.1, -0.05) is 43.7 Å². The highest BCUT2D eigenvalue weighted by Gasteiger charge is 2.15. The molecule has 0 atom stereocenters. The molecule has 24 heavy (non-hydrogen) atoms. The highest BCUT2D eigenvalue weighted by atomic mass is 16.2. The molecule has 0 aliphatic heterocycles. The molecule has 0 saturated carbocycles. The normalized spacial score (nSPS) is 10.5. The van der Waals surface area contributed by atoms with Crippen molar-refractivity contribution in [1.82, 2.24) is 14.9 Å². The molecule has 0 spiro atoms. The van der Waals surface area contributed by atoms with Crippen molar-refractivity contribution >= 4 is 11.9 Å². The van der Waals surface area contributed by atoms with E-state index in [0.717, 1.165) is 25.9 Å². The molecule has 1 aromatic heterocycles. The first-order chi connectivity index (χ1) is 11.6. The molecule has 2 rings (SSSR count). The number of rotatable bonds is 8. The molecule has 0 aliphatic carbocycles. The molecule has 2 aromatic rings. The summed E-state index contributed by atoms with van der Waals surface area (Å²) in [5, 5.41) is 3.19. The number of amides is 1. The van der Waals surface area contributed by atoms with E-state index in [0.29, 0.717) is 18.1 Å². The van der Waals surface area contributed by atoms with Gasteiger partial charge in [0, 0.05) is 32.0 Å². The zero-order valence-electron chi connectivity index (χ0n) is 14.7. The van der Waals surface area contributed by atoms with Crippen LogP contribution in [0.3, 0.4) is 0 Å². The number of carbonyl (C=O) groups is 1. The average molecular weight is 326 g/mol. The first kappa shape index (κ1) is 17.9. The Balaban J connectivity index is 1.97. The van der Waals surface area contributed by atoms with Crippen molar-refractivity contribution < 1.29 is 4.79 Å². The number of hydrogen-bond donors (Lipinski definition) is 1. The molecule has 1 N–H and O–H groups in total. The molecule has 0 bridgehead atoms. The van der Waals surface area contributed by atoms with E-state index in [4.69, 9.17) is 0 Å². The third kappa shape index (κ3) is 5.05. The highest BCUT2D eigenvalue weighted by molar-refractivity contribution is 5.93. The highest BCUT2D eigenvalue weighted by Crippen LogP contribution is 2.09. The molecule has 1 amide bonds. The van der Waals surface area contributed by atoms with Gasteiger partial charge in [0.25, 0.3) is 5.91 Å². The predicted octanol–water partition coefficient (Wildman–Crippen LogP) is 3.66. The third-order valence-corrected chi connectivity index (χ3v) is 3.71. The fourth-order valence-corrected chi connectivity index (χ4v) is 2.57. The minimum absolute atomic E-state index is 0.00364.